The Balaban J connectivity index is 1.38. The van der Waals surface area contributed by atoms with Crippen molar-refractivity contribution in [1.29, 1.82) is 0 Å². The third kappa shape index (κ3) is 6.34. The van der Waals surface area contributed by atoms with Crippen LogP contribution in [0.5, 0.6) is 5.75 Å². The molecule has 0 atom stereocenters. The van der Waals surface area contributed by atoms with Crippen LogP contribution in [0.2, 0.25) is 0 Å². The van der Waals surface area contributed by atoms with Crippen molar-refractivity contribution in [3.8, 4) is 5.75 Å². The van der Waals surface area contributed by atoms with E-state index < -0.39 is 0 Å². The van der Waals surface area contributed by atoms with Gasteiger partial charge in [0, 0.05) is 32.6 Å². The first-order chi connectivity index (χ1) is 14.2. The van der Waals surface area contributed by atoms with Crippen LogP contribution in [-0.2, 0) is 22.4 Å². The van der Waals surface area contributed by atoms with Crippen LogP contribution in [0, 0.1) is 0 Å². The molecular weight excluding hydrogens is 364 g/mol. The highest BCUT2D eigenvalue weighted by Gasteiger charge is 2.24. The van der Waals surface area contributed by atoms with Gasteiger partial charge >= 0.3 is 0 Å². The molecule has 0 saturated carbocycles. The van der Waals surface area contributed by atoms with E-state index in [2.05, 4.69) is 6.92 Å². The number of piperazine rings is 1. The first kappa shape index (κ1) is 20.9. The van der Waals surface area contributed by atoms with Crippen LogP contribution in [-0.4, -0.2) is 54.4 Å². The van der Waals surface area contributed by atoms with Crippen LogP contribution >= 0.6 is 0 Å². The van der Waals surface area contributed by atoms with Gasteiger partial charge in [-0.25, -0.2) is 0 Å². The molecule has 2 aromatic rings. The minimum absolute atomic E-state index is 0.0287. The van der Waals surface area contributed by atoms with Gasteiger partial charge in [0.15, 0.2) is 6.61 Å². The molecule has 0 spiro atoms. The van der Waals surface area contributed by atoms with Crippen molar-refractivity contribution in [3.63, 3.8) is 0 Å². The number of nitrogens with zero attached hydrogens (tertiary/aromatic N) is 2. The molecule has 0 aliphatic carbocycles. The summed E-state index contributed by atoms with van der Waals surface area (Å²) in [5.74, 6) is 0.844. The summed E-state index contributed by atoms with van der Waals surface area (Å²) < 4.78 is 5.64. The van der Waals surface area contributed by atoms with Crippen molar-refractivity contribution in [2.75, 3.05) is 32.8 Å². The fourth-order valence-electron chi connectivity index (χ4n) is 3.54. The lowest BCUT2D eigenvalue weighted by Crippen LogP contribution is -2.51. The van der Waals surface area contributed by atoms with E-state index in [1.807, 2.05) is 59.5 Å². The highest BCUT2D eigenvalue weighted by molar-refractivity contribution is 5.79. The maximum Gasteiger partial charge on any atom is 0.260 e. The topological polar surface area (TPSA) is 49.9 Å². The zero-order valence-corrected chi connectivity index (χ0v) is 17.2. The van der Waals surface area contributed by atoms with Crippen LogP contribution in [0.3, 0.4) is 0 Å². The zero-order valence-electron chi connectivity index (χ0n) is 17.2. The summed E-state index contributed by atoms with van der Waals surface area (Å²) in [6, 6.07) is 18.0. The fourth-order valence-corrected chi connectivity index (χ4v) is 3.54. The van der Waals surface area contributed by atoms with Gasteiger partial charge in [-0.15, -0.1) is 0 Å². The number of benzene rings is 2. The van der Waals surface area contributed by atoms with Crippen LogP contribution in [0.25, 0.3) is 0 Å². The summed E-state index contributed by atoms with van der Waals surface area (Å²) >= 11 is 0. The van der Waals surface area contributed by atoms with Gasteiger partial charge in [-0.1, -0.05) is 55.8 Å². The Hall–Kier alpha value is -2.82. The second-order valence-electron chi connectivity index (χ2n) is 7.43. The minimum atomic E-state index is -0.0287. The van der Waals surface area contributed by atoms with Crippen LogP contribution < -0.4 is 4.74 Å². The second-order valence-corrected chi connectivity index (χ2v) is 7.43. The van der Waals surface area contributed by atoms with Gasteiger partial charge in [-0.05, 0) is 36.1 Å². The van der Waals surface area contributed by atoms with Crippen molar-refractivity contribution in [3.05, 3.63) is 65.7 Å². The molecule has 0 unspecified atom stereocenters. The lowest BCUT2D eigenvalue weighted by Gasteiger charge is -2.34. The van der Waals surface area contributed by atoms with Crippen LogP contribution in [0.4, 0.5) is 0 Å². The number of amides is 2. The molecule has 3 rings (SSSR count). The van der Waals surface area contributed by atoms with Crippen LogP contribution in [0.1, 0.15) is 30.9 Å². The largest absolute Gasteiger partial charge is 0.484 e. The lowest BCUT2D eigenvalue weighted by atomic mass is 10.1. The molecule has 1 aliphatic rings. The molecule has 2 amide bonds. The highest BCUT2D eigenvalue weighted by Crippen LogP contribution is 2.14. The van der Waals surface area contributed by atoms with Crippen molar-refractivity contribution >= 4 is 11.8 Å². The predicted molar refractivity (Wildman–Crippen MR) is 114 cm³/mol. The van der Waals surface area contributed by atoms with Gasteiger partial charge in [0.25, 0.3) is 5.91 Å². The summed E-state index contributed by atoms with van der Waals surface area (Å²) in [5, 5.41) is 0. The number of rotatable bonds is 8. The molecule has 5 nitrogen and oxygen atoms in total. The molecule has 0 bridgehead atoms. The molecule has 29 heavy (non-hydrogen) atoms. The molecule has 0 N–H and O–H groups in total. The number of ether oxygens (including phenoxy) is 1. The predicted octanol–water partition coefficient (Wildman–Crippen LogP) is 3.32. The van der Waals surface area contributed by atoms with Gasteiger partial charge < -0.3 is 14.5 Å². The lowest BCUT2D eigenvalue weighted by molar-refractivity contribution is -0.140. The monoisotopic (exact) mass is 394 g/mol. The summed E-state index contributed by atoms with van der Waals surface area (Å²) in [6.45, 7) is 4.49. The summed E-state index contributed by atoms with van der Waals surface area (Å²) in [6.07, 6.45) is 3.42. The second kappa shape index (κ2) is 10.6. The van der Waals surface area contributed by atoms with E-state index in [0.29, 0.717) is 38.3 Å². The normalized spacial score (nSPS) is 14.0. The Labute approximate surface area is 173 Å². The molecule has 1 saturated heterocycles. The van der Waals surface area contributed by atoms with Crippen LogP contribution in [0.15, 0.2) is 54.6 Å². The van der Waals surface area contributed by atoms with Crippen molar-refractivity contribution in [2.24, 2.45) is 0 Å². The Morgan fingerprint density at radius 1 is 0.793 bits per heavy atom. The van der Waals surface area contributed by atoms with Gasteiger partial charge in [-0.2, -0.15) is 0 Å². The Kier molecular flexibility index (Phi) is 7.68. The van der Waals surface area contributed by atoms with E-state index >= 15 is 0 Å². The molecule has 1 aliphatic heterocycles. The zero-order chi connectivity index (χ0) is 20.5. The quantitative estimate of drug-likeness (QED) is 0.690. The van der Waals surface area contributed by atoms with Crippen molar-refractivity contribution in [1.82, 2.24) is 9.80 Å². The first-order valence-corrected chi connectivity index (χ1v) is 10.5. The summed E-state index contributed by atoms with van der Waals surface area (Å²) in [5.41, 5.74) is 2.45. The molecule has 0 aromatic heterocycles. The number of hydrogen-bond acceptors (Lipinski definition) is 3. The maximum absolute atomic E-state index is 12.4. The van der Waals surface area contributed by atoms with Gasteiger partial charge in [0.2, 0.25) is 5.91 Å². The fraction of sp³-hybridized carbons (Fsp3) is 0.417. The van der Waals surface area contributed by atoms with E-state index in [9.17, 15) is 9.59 Å². The van der Waals surface area contributed by atoms with Gasteiger partial charge in [0.1, 0.15) is 5.75 Å². The Morgan fingerprint density at radius 3 is 2.00 bits per heavy atom. The molecular formula is C24H30N2O3. The van der Waals surface area contributed by atoms with E-state index in [-0.39, 0.29) is 18.4 Å². The highest BCUT2D eigenvalue weighted by atomic mass is 16.5. The third-order valence-electron chi connectivity index (χ3n) is 5.28. The summed E-state index contributed by atoms with van der Waals surface area (Å²) in [4.78, 5) is 28.5. The molecule has 0 radical (unpaired) electrons. The van der Waals surface area contributed by atoms with Gasteiger partial charge in [-0.3, -0.25) is 9.59 Å². The Morgan fingerprint density at radius 2 is 1.38 bits per heavy atom. The first-order valence-electron chi connectivity index (χ1n) is 10.5. The SMILES string of the molecule is CCCc1ccc(OCC(=O)N2CCN(C(=O)CCc3ccccc3)CC2)cc1. The Bertz CT molecular complexity index is 782. The number of aryl methyl sites for hydroxylation is 2. The molecule has 1 heterocycles. The van der Waals surface area contributed by atoms with E-state index in [4.69, 9.17) is 4.74 Å². The number of carbonyl (C=O) groups is 2. The third-order valence-corrected chi connectivity index (χ3v) is 5.28. The minimum Gasteiger partial charge on any atom is -0.484 e. The molecule has 5 heteroatoms. The molecule has 154 valence electrons. The average molecular weight is 395 g/mol. The maximum atomic E-state index is 12.4. The molecule has 2 aromatic carbocycles. The average Bonchev–Trinajstić information content (AvgIpc) is 2.78. The van der Waals surface area contributed by atoms with Gasteiger partial charge in [0.05, 0.1) is 0 Å². The van der Waals surface area contributed by atoms with E-state index in [1.54, 1.807) is 4.90 Å². The smallest absolute Gasteiger partial charge is 0.260 e. The standard InChI is InChI=1S/C24H30N2O3/c1-2-6-20-9-12-22(13-10-20)29-19-24(28)26-17-15-25(16-18-26)23(27)14-11-21-7-4-3-5-8-21/h3-5,7-10,12-13H,2,6,11,14-19H2,1H3. The van der Waals surface area contributed by atoms with Crippen molar-refractivity contribution in [2.45, 2.75) is 32.6 Å². The van der Waals surface area contributed by atoms with Crippen molar-refractivity contribution < 1.29 is 14.3 Å². The van der Waals surface area contributed by atoms with E-state index in [0.717, 1.165) is 19.3 Å². The summed E-state index contributed by atoms with van der Waals surface area (Å²) in [7, 11) is 0. The van der Waals surface area contributed by atoms with E-state index in [1.165, 1.54) is 11.1 Å². The number of hydrogen-bond donors (Lipinski definition) is 0. The number of carbonyl (C=O) groups excluding carboxylic acids is 2. The molecule has 1 fully saturated rings.